The number of ether oxygens (including phenoxy) is 1. The van der Waals surface area contributed by atoms with E-state index < -0.39 is 12.1 Å². The van der Waals surface area contributed by atoms with Gasteiger partial charge in [0.05, 0.1) is 5.56 Å². The molecule has 178 valence electrons. The Morgan fingerprint density at radius 2 is 1.53 bits per heavy atom. The number of carbonyl (C=O) groups excluding carboxylic acids is 1. The molecule has 0 bridgehead atoms. The van der Waals surface area contributed by atoms with Crippen LogP contribution in [0.4, 0.5) is 11.5 Å². The number of nitrogens with zero attached hydrogens (tertiary/aromatic N) is 3. The molecule has 36 heavy (non-hydrogen) atoms. The number of nitrogens with one attached hydrogen (secondary N) is 1. The average Bonchev–Trinajstić information content (AvgIpc) is 2.93. The summed E-state index contributed by atoms with van der Waals surface area (Å²) >= 11 is 6.02. The molecule has 0 aliphatic carbocycles. The van der Waals surface area contributed by atoms with Gasteiger partial charge in [-0.05, 0) is 66.9 Å². The summed E-state index contributed by atoms with van der Waals surface area (Å²) in [7, 11) is 0. The first kappa shape index (κ1) is 23.5. The SMILES string of the molecule is O=C(OC(CCc1ccncc1)c1nnc(Nc2ccc(Cl)cc2)c2ccccc12)c1ccccc1. The van der Waals surface area contributed by atoms with Crippen LogP contribution in [0.1, 0.15) is 34.1 Å². The third kappa shape index (κ3) is 5.50. The second-order valence-corrected chi connectivity index (χ2v) is 8.70. The third-order valence-electron chi connectivity index (χ3n) is 5.83. The summed E-state index contributed by atoms with van der Waals surface area (Å²) in [6, 6.07) is 28.1. The minimum absolute atomic E-state index is 0.399. The van der Waals surface area contributed by atoms with E-state index in [9.17, 15) is 4.79 Å². The summed E-state index contributed by atoms with van der Waals surface area (Å²) in [5.41, 5.74) is 3.05. The Labute approximate surface area is 213 Å². The van der Waals surface area contributed by atoms with Gasteiger partial charge in [0.2, 0.25) is 0 Å². The van der Waals surface area contributed by atoms with E-state index in [4.69, 9.17) is 16.3 Å². The van der Waals surface area contributed by atoms with Crippen LogP contribution < -0.4 is 5.32 Å². The fourth-order valence-electron chi connectivity index (χ4n) is 3.99. The van der Waals surface area contributed by atoms with Crippen LogP contribution in [0.3, 0.4) is 0 Å². The van der Waals surface area contributed by atoms with Crippen molar-refractivity contribution in [2.45, 2.75) is 18.9 Å². The molecule has 0 amide bonds. The van der Waals surface area contributed by atoms with Gasteiger partial charge in [0.1, 0.15) is 11.8 Å². The van der Waals surface area contributed by atoms with E-state index in [0.717, 1.165) is 22.0 Å². The van der Waals surface area contributed by atoms with Crippen LogP contribution in [0.25, 0.3) is 10.8 Å². The first-order valence-electron chi connectivity index (χ1n) is 11.6. The Hall–Kier alpha value is -4.29. The third-order valence-corrected chi connectivity index (χ3v) is 6.08. The number of hydrogen-bond donors (Lipinski definition) is 1. The molecule has 5 aromatic rings. The van der Waals surface area contributed by atoms with Crippen molar-refractivity contribution in [2.24, 2.45) is 0 Å². The smallest absolute Gasteiger partial charge is 0.338 e. The molecule has 6 nitrogen and oxygen atoms in total. The number of rotatable bonds is 8. The van der Waals surface area contributed by atoms with E-state index in [2.05, 4.69) is 20.5 Å². The highest BCUT2D eigenvalue weighted by atomic mass is 35.5. The van der Waals surface area contributed by atoms with Crippen LogP contribution in [-0.4, -0.2) is 21.2 Å². The van der Waals surface area contributed by atoms with E-state index in [1.165, 1.54) is 0 Å². The van der Waals surface area contributed by atoms with Gasteiger partial charge in [-0.2, -0.15) is 0 Å². The second kappa shape index (κ2) is 11.0. The van der Waals surface area contributed by atoms with Crippen molar-refractivity contribution in [1.82, 2.24) is 15.2 Å². The summed E-state index contributed by atoms with van der Waals surface area (Å²) in [5.74, 6) is 0.212. The molecule has 0 aliphatic heterocycles. The van der Waals surface area contributed by atoms with Gasteiger partial charge in [0.25, 0.3) is 0 Å². The number of benzene rings is 3. The number of hydrogen-bond acceptors (Lipinski definition) is 6. The molecule has 1 unspecified atom stereocenters. The first-order valence-corrected chi connectivity index (χ1v) is 12.0. The summed E-state index contributed by atoms with van der Waals surface area (Å²) in [6.45, 7) is 0. The number of pyridine rings is 1. The van der Waals surface area contributed by atoms with Gasteiger partial charge in [0.15, 0.2) is 5.82 Å². The van der Waals surface area contributed by atoms with Crippen molar-refractivity contribution >= 4 is 39.8 Å². The quantitative estimate of drug-likeness (QED) is 0.235. The van der Waals surface area contributed by atoms with Crippen LogP contribution in [0.2, 0.25) is 5.02 Å². The van der Waals surface area contributed by atoms with E-state index in [0.29, 0.717) is 34.9 Å². The van der Waals surface area contributed by atoms with Crippen LogP contribution in [0.15, 0.2) is 103 Å². The number of halogens is 1. The van der Waals surface area contributed by atoms with Crippen molar-refractivity contribution in [3.63, 3.8) is 0 Å². The first-order chi connectivity index (χ1) is 17.7. The average molecular weight is 495 g/mol. The lowest BCUT2D eigenvalue weighted by molar-refractivity contribution is 0.0269. The van der Waals surface area contributed by atoms with Gasteiger partial charge in [-0.25, -0.2) is 4.79 Å². The van der Waals surface area contributed by atoms with E-state index in [-0.39, 0.29) is 0 Å². The number of aromatic nitrogens is 3. The highest BCUT2D eigenvalue weighted by Crippen LogP contribution is 2.32. The minimum atomic E-state index is -0.590. The van der Waals surface area contributed by atoms with Crippen LogP contribution >= 0.6 is 11.6 Å². The maximum absolute atomic E-state index is 13.0. The second-order valence-electron chi connectivity index (χ2n) is 8.27. The molecule has 1 N–H and O–H groups in total. The van der Waals surface area contributed by atoms with Gasteiger partial charge in [-0.3, -0.25) is 4.98 Å². The molecule has 0 spiro atoms. The monoisotopic (exact) mass is 494 g/mol. The topological polar surface area (TPSA) is 77.0 Å². The standard InChI is InChI=1S/C29H23ClN4O2/c30-22-11-13-23(14-12-22)32-28-25-9-5-4-8-24(25)27(33-34-28)26(15-10-20-16-18-31-19-17-20)36-29(35)21-6-2-1-3-7-21/h1-9,11-14,16-19,26H,10,15H2,(H,32,34). The lowest BCUT2D eigenvalue weighted by Gasteiger charge is -2.20. The van der Waals surface area contributed by atoms with Gasteiger partial charge >= 0.3 is 5.97 Å². The Bertz CT molecular complexity index is 1460. The van der Waals surface area contributed by atoms with Crippen molar-refractivity contribution in [1.29, 1.82) is 0 Å². The number of anilines is 2. The Kier molecular flexibility index (Phi) is 7.15. The molecule has 0 saturated carbocycles. The van der Waals surface area contributed by atoms with Gasteiger partial charge in [-0.1, -0.05) is 54.1 Å². The van der Waals surface area contributed by atoms with Gasteiger partial charge in [-0.15, -0.1) is 10.2 Å². The van der Waals surface area contributed by atoms with E-state index in [1.54, 1.807) is 24.5 Å². The van der Waals surface area contributed by atoms with Gasteiger partial charge < -0.3 is 10.1 Å². The highest BCUT2D eigenvalue weighted by Gasteiger charge is 2.23. The van der Waals surface area contributed by atoms with Crippen molar-refractivity contribution in [2.75, 3.05) is 5.32 Å². The molecule has 0 fully saturated rings. The zero-order valence-corrected chi connectivity index (χ0v) is 20.1. The van der Waals surface area contributed by atoms with E-state index >= 15 is 0 Å². The molecular weight excluding hydrogens is 472 g/mol. The maximum Gasteiger partial charge on any atom is 0.338 e. The largest absolute Gasteiger partial charge is 0.452 e. The van der Waals surface area contributed by atoms with Crippen molar-refractivity contribution in [3.05, 3.63) is 125 Å². The predicted molar refractivity (Wildman–Crippen MR) is 141 cm³/mol. The molecule has 2 heterocycles. The van der Waals surface area contributed by atoms with Gasteiger partial charge in [0, 0.05) is 33.9 Å². The molecule has 5 rings (SSSR count). The summed E-state index contributed by atoms with van der Waals surface area (Å²) in [4.78, 5) is 17.1. The molecular formula is C29H23ClN4O2. The van der Waals surface area contributed by atoms with E-state index in [1.807, 2.05) is 78.9 Å². The Balaban J connectivity index is 1.50. The molecule has 0 aliphatic rings. The van der Waals surface area contributed by atoms with Crippen LogP contribution in [0, 0.1) is 0 Å². The Morgan fingerprint density at radius 3 is 2.28 bits per heavy atom. The van der Waals surface area contributed by atoms with Crippen LogP contribution in [-0.2, 0) is 11.2 Å². The molecule has 0 radical (unpaired) electrons. The molecule has 3 aromatic carbocycles. The fraction of sp³-hybridized carbons (Fsp3) is 0.103. The van der Waals surface area contributed by atoms with Crippen LogP contribution in [0.5, 0.6) is 0 Å². The molecule has 0 saturated heterocycles. The maximum atomic E-state index is 13.0. The number of carbonyl (C=O) groups is 1. The lowest BCUT2D eigenvalue weighted by atomic mass is 10.0. The number of esters is 1. The lowest BCUT2D eigenvalue weighted by Crippen LogP contribution is -2.15. The summed E-state index contributed by atoms with van der Waals surface area (Å²) in [5, 5.41) is 14.8. The summed E-state index contributed by atoms with van der Waals surface area (Å²) < 4.78 is 6.03. The Morgan fingerprint density at radius 1 is 0.833 bits per heavy atom. The zero-order chi connectivity index (χ0) is 24.7. The molecule has 1 atom stereocenters. The van der Waals surface area contributed by atoms with Crippen molar-refractivity contribution < 1.29 is 9.53 Å². The van der Waals surface area contributed by atoms with Crippen molar-refractivity contribution in [3.8, 4) is 0 Å². The minimum Gasteiger partial charge on any atom is -0.452 e. The normalized spacial score (nSPS) is 11.7. The predicted octanol–water partition coefficient (Wildman–Crippen LogP) is 6.95. The zero-order valence-electron chi connectivity index (χ0n) is 19.3. The fourth-order valence-corrected chi connectivity index (χ4v) is 4.12. The number of fused-ring (bicyclic) bond motifs is 1. The molecule has 7 heteroatoms. The number of aryl methyl sites for hydroxylation is 1. The highest BCUT2D eigenvalue weighted by molar-refractivity contribution is 6.30. The summed E-state index contributed by atoms with van der Waals surface area (Å²) in [6.07, 6.45) is 4.16. The molecule has 2 aromatic heterocycles.